The number of ether oxygens (including phenoxy) is 1. The van der Waals surface area contributed by atoms with E-state index in [1.807, 2.05) is 37.3 Å². The van der Waals surface area contributed by atoms with Crippen LogP contribution in [0, 0.1) is 12.8 Å². The van der Waals surface area contributed by atoms with E-state index < -0.39 is 0 Å². The monoisotopic (exact) mass is 490 g/mol. The average Bonchev–Trinajstić information content (AvgIpc) is 3.25. The first-order valence-electron chi connectivity index (χ1n) is 12.4. The molecule has 0 radical (unpaired) electrons. The number of anilines is 1. The van der Waals surface area contributed by atoms with Crippen molar-refractivity contribution in [2.45, 2.75) is 53.4 Å². The zero-order valence-electron chi connectivity index (χ0n) is 22.5. The highest BCUT2D eigenvalue weighted by atomic mass is 16.5. The highest BCUT2D eigenvalue weighted by molar-refractivity contribution is 5.99. The van der Waals surface area contributed by atoms with Crippen LogP contribution in [0.25, 0.3) is 5.69 Å². The van der Waals surface area contributed by atoms with Crippen molar-refractivity contribution in [3.63, 3.8) is 0 Å². The summed E-state index contributed by atoms with van der Waals surface area (Å²) in [7, 11) is 1.57. The number of carbonyl (C=O) groups is 2. The molecule has 3 rings (SSSR count). The molecule has 7 heteroatoms. The van der Waals surface area contributed by atoms with Crippen LogP contribution in [-0.4, -0.2) is 46.7 Å². The number of carbonyl (C=O) groups excluding carboxylic acids is 2. The van der Waals surface area contributed by atoms with Crippen LogP contribution in [0.2, 0.25) is 0 Å². The molecule has 1 aromatic heterocycles. The number of aryl methyl sites for hydroxylation is 1. The fourth-order valence-corrected chi connectivity index (χ4v) is 3.75. The first-order valence-corrected chi connectivity index (χ1v) is 12.4. The minimum Gasteiger partial charge on any atom is -0.497 e. The first-order chi connectivity index (χ1) is 17.0. The summed E-state index contributed by atoms with van der Waals surface area (Å²) in [5, 5.41) is 7.80. The molecular weight excluding hydrogens is 452 g/mol. The van der Waals surface area contributed by atoms with E-state index >= 15 is 0 Å². The number of hydrogen-bond acceptors (Lipinski definition) is 4. The van der Waals surface area contributed by atoms with Gasteiger partial charge in [0.1, 0.15) is 18.1 Å². The zero-order chi connectivity index (χ0) is 26.5. The molecule has 0 fully saturated rings. The van der Waals surface area contributed by atoms with Crippen molar-refractivity contribution in [3.05, 3.63) is 71.4 Å². The molecule has 2 aromatic carbocycles. The van der Waals surface area contributed by atoms with E-state index in [1.54, 1.807) is 41.0 Å². The molecule has 0 spiro atoms. The van der Waals surface area contributed by atoms with E-state index in [0.717, 1.165) is 23.4 Å². The van der Waals surface area contributed by atoms with Gasteiger partial charge in [-0.25, -0.2) is 4.68 Å². The van der Waals surface area contributed by atoms with Crippen molar-refractivity contribution >= 4 is 17.6 Å². The molecule has 0 aliphatic rings. The molecule has 3 aromatic rings. The van der Waals surface area contributed by atoms with Gasteiger partial charge in [-0.15, -0.1) is 0 Å². The van der Waals surface area contributed by atoms with Crippen molar-refractivity contribution in [1.82, 2.24) is 14.7 Å². The average molecular weight is 491 g/mol. The van der Waals surface area contributed by atoms with Gasteiger partial charge in [0.25, 0.3) is 5.91 Å². The summed E-state index contributed by atoms with van der Waals surface area (Å²) in [6.07, 6.45) is 0.790. The maximum atomic E-state index is 13.3. The van der Waals surface area contributed by atoms with E-state index in [1.165, 1.54) is 0 Å². The minimum atomic E-state index is -0.274. The molecule has 7 nitrogen and oxygen atoms in total. The Morgan fingerprint density at radius 3 is 2.44 bits per heavy atom. The predicted molar refractivity (Wildman–Crippen MR) is 144 cm³/mol. The van der Waals surface area contributed by atoms with Gasteiger partial charge in [0.05, 0.1) is 18.5 Å². The van der Waals surface area contributed by atoms with E-state index in [4.69, 9.17) is 9.84 Å². The lowest BCUT2D eigenvalue weighted by atomic mass is 9.92. The molecule has 0 saturated carbocycles. The van der Waals surface area contributed by atoms with Crippen LogP contribution in [0.3, 0.4) is 0 Å². The van der Waals surface area contributed by atoms with Crippen molar-refractivity contribution in [2.75, 3.05) is 25.5 Å². The number of amides is 2. The Labute approximate surface area is 214 Å². The van der Waals surface area contributed by atoms with E-state index in [-0.39, 0.29) is 23.8 Å². The normalized spacial score (nSPS) is 11.4. The molecule has 192 valence electrons. The lowest BCUT2D eigenvalue weighted by Gasteiger charge is -2.23. The van der Waals surface area contributed by atoms with Gasteiger partial charge in [0.15, 0.2) is 0 Å². The van der Waals surface area contributed by atoms with Crippen LogP contribution in [0.4, 0.5) is 5.82 Å². The number of benzene rings is 2. The Morgan fingerprint density at radius 2 is 1.81 bits per heavy atom. The van der Waals surface area contributed by atoms with E-state index in [9.17, 15) is 9.59 Å². The summed E-state index contributed by atoms with van der Waals surface area (Å²) >= 11 is 0. The van der Waals surface area contributed by atoms with Crippen LogP contribution in [-0.2, 0) is 10.2 Å². The molecule has 1 heterocycles. The quantitative estimate of drug-likeness (QED) is 0.423. The SMILES string of the molecule is COc1cccc(C(=O)N(CCC(C)C)CC(=O)Nc2cc(C(C)(C)C)nn2-c2cccc(C)c2)c1. The molecule has 1 N–H and O–H groups in total. The van der Waals surface area contributed by atoms with Crippen LogP contribution < -0.4 is 10.1 Å². The van der Waals surface area contributed by atoms with Gasteiger partial charge in [0.2, 0.25) is 5.91 Å². The van der Waals surface area contributed by atoms with Crippen molar-refractivity contribution in [3.8, 4) is 11.4 Å². The van der Waals surface area contributed by atoms with Crippen molar-refractivity contribution in [2.24, 2.45) is 5.92 Å². The van der Waals surface area contributed by atoms with Crippen LogP contribution in [0.1, 0.15) is 62.7 Å². The van der Waals surface area contributed by atoms with Gasteiger partial charge in [-0.05, 0) is 55.2 Å². The Bertz CT molecular complexity index is 1210. The third kappa shape index (κ3) is 6.97. The predicted octanol–water partition coefficient (Wildman–Crippen LogP) is 5.61. The highest BCUT2D eigenvalue weighted by Gasteiger charge is 2.24. The lowest BCUT2D eigenvalue weighted by molar-refractivity contribution is -0.117. The maximum absolute atomic E-state index is 13.3. The molecule has 2 amide bonds. The third-order valence-corrected chi connectivity index (χ3v) is 5.91. The molecule has 0 atom stereocenters. The largest absolute Gasteiger partial charge is 0.497 e. The summed E-state index contributed by atoms with van der Waals surface area (Å²) in [5.41, 5.74) is 3.13. The summed E-state index contributed by atoms with van der Waals surface area (Å²) in [6, 6.07) is 16.9. The Kier molecular flexibility index (Phi) is 8.56. The fourth-order valence-electron chi connectivity index (χ4n) is 3.75. The topological polar surface area (TPSA) is 76.5 Å². The van der Waals surface area contributed by atoms with Crippen molar-refractivity contribution < 1.29 is 14.3 Å². The number of nitrogens with zero attached hydrogens (tertiary/aromatic N) is 3. The minimum absolute atomic E-state index is 0.0629. The lowest BCUT2D eigenvalue weighted by Crippen LogP contribution is -2.39. The number of rotatable bonds is 9. The molecule has 0 bridgehead atoms. The van der Waals surface area contributed by atoms with E-state index in [0.29, 0.717) is 29.6 Å². The first kappa shape index (κ1) is 27.0. The molecule has 0 saturated heterocycles. The highest BCUT2D eigenvalue weighted by Crippen LogP contribution is 2.27. The second-order valence-electron chi connectivity index (χ2n) is 10.6. The Morgan fingerprint density at radius 1 is 1.08 bits per heavy atom. The zero-order valence-corrected chi connectivity index (χ0v) is 22.5. The Hall–Kier alpha value is -3.61. The fraction of sp³-hybridized carbons (Fsp3) is 0.414. The Balaban J connectivity index is 1.87. The van der Waals surface area contributed by atoms with Crippen LogP contribution in [0.15, 0.2) is 54.6 Å². The van der Waals surface area contributed by atoms with Gasteiger partial charge in [-0.1, -0.05) is 52.8 Å². The molecule has 36 heavy (non-hydrogen) atoms. The third-order valence-electron chi connectivity index (χ3n) is 5.91. The maximum Gasteiger partial charge on any atom is 0.254 e. The second kappa shape index (κ2) is 11.4. The van der Waals surface area contributed by atoms with Gasteiger partial charge in [-0.3, -0.25) is 9.59 Å². The number of hydrogen-bond donors (Lipinski definition) is 1. The molecule has 0 aliphatic heterocycles. The van der Waals surface area contributed by atoms with E-state index in [2.05, 4.69) is 39.9 Å². The summed E-state index contributed by atoms with van der Waals surface area (Å²) in [4.78, 5) is 28.2. The summed E-state index contributed by atoms with van der Waals surface area (Å²) in [6.45, 7) is 12.9. The van der Waals surface area contributed by atoms with Gasteiger partial charge < -0.3 is 15.0 Å². The standard InChI is InChI=1S/C29H38N4O3/c1-20(2)14-15-32(28(35)22-11-9-13-24(17-22)36-7)19-27(34)30-26-18-25(29(4,5)6)31-33(26)23-12-8-10-21(3)16-23/h8-13,16-18,20H,14-15,19H2,1-7H3,(H,30,34). The van der Waals surface area contributed by atoms with Gasteiger partial charge in [-0.2, -0.15) is 5.10 Å². The second-order valence-corrected chi connectivity index (χ2v) is 10.6. The van der Waals surface area contributed by atoms with Crippen LogP contribution in [0.5, 0.6) is 5.75 Å². The number of nitrogens with one attached hydrogen (secondary N) is 1. The molecule has 0 aliphatic carbocycles. The van der Waals surface area contributed by atoms with Crippen LogP contribution >= 0.6 is 0 Å². The molecule has 0 unspecified atom stereocenters. The van der Waals surface area contributed by atoms with Gasteiger partial charge >= 0.3 is 0 Å². The van der Waals surface area contributed by atoms with Crippen molar-refractivity contribution in [1.29, 1.82) is 0 Å². The summed E-state index contributed by atoms with van der Waals surface area (Å²) in [5.74, 6) is 1.10. The summed E-state index contributed by atoms with van der Waals surface area (Å²) < 4.78 is 7.03. The smallest absolute Gasteiger partial charge is 0.254 e. The molecular formula is C29H38N4O3. The van der Waals surface area contributed by atoms with Gasteiger partial charge in [0, 0.05) is 23.6 Å². The number of aromatic nitrogens is 2. The number of methoxy groups -OCH3 is 1.